The Hall–Kier alpha value is -1.23. The van der Waals surface area contributed by atoms with E-state index in [1.165, 1.54) is 12.8 Å². The van der Waals surface area contributed by atoms with E-state index in [-0.39, 0.29) is 0 Å². The molecule has 5 nitrogen and oxygen atoms in total. The number of hydrogen-bond donors (Lipinski definition) is 2. The molecular weight excluding hydrogens is 202 g/mol. The van der Waals surface area contributed by atoms with Crippen LogP contribution < -0.4 is 11.1 Å². The molecule has 16 heavy (non-hydrogen) atoms. The first-order valence-electron chi connectivity index (χ1n) is 5.82. The molecule has 0 aromatic carbocycles. The number of nitrogen functional groups attached to an aromatic ring is 1. The van der Waals surface area contributed by atoms with Crippen LogP contribution in [-0.4, -0.2) is 40.9 Å². The predicted molar refractivity (Wildman–Crippen MR) is 66.5 cm³/mol. The third-order valence-electron chi connectivity index (χ3n) is 3.33. The third kappa shape index (κ3) is 2.14. The maximum atomic E-state index is 5.99. The molecule has 1 aromatic rings. The Morgan fingerprint density at radius 1 is 1.31 bits per heavy atom. The molecule has 90 valence electrons. The van der Waals surface area contributed by atoms with Crippen molar-refractivity contribution in [2.45, 2.75) is 25.8 Å². The minimum atomic E-state index is 0.522. The number of nitrogens with two attached hydrogens (primary N) is 1. The Balaban J connectivity index is 2.03. The molecule has 2 heterocycles. The zero-order chi connectivity index (χ0) is 11.7. The quantitative estimate of drug-likeness (QED) is 0.779. The van der Waals surface area contributed by atoms with Gasteiger partial charge in [-0.2, -0.15) is 5.10 Å². The second-order valence-electron chi connectivity index (χ2n) is 4.69. The van der Waals surface area contributed by atoms with E-state index in [2.05, 4.69) is 22.4 Å². The highest BCUT2D eigenvalue weighted by Gasteiger charge is 2.19. The van der Waals surface area contributed by atoms with Crippen molar-refractivity contribution >= 4 is 11.5 Å². The number of hydrogen-bond acceptors (Lipinski definition) is 4. The molecule has 0 aliphatic carbocycles. The molecule has 1 aliphatic heterocycles. The normalized spacial score (nSPS) is 18.9. The van der Waals surface area contributed by atoms with E-state index in [1.54, 1.807) is 0 Å². The molecule has 0 spiro atoms. The van der Waals surface area contributed by atoms with Crippen LogP contribution in [0.4, 0.5) is 11.5 Å². The maximum absolute atomic E-state index is 5.99. The van der Waals surface area contributed by atoms with Crippen molar-refractivity contribution in [1.29, 1.82) is 0 Å². The molecule has 5 heteroatoms. The van der Waals surface area contributed by atoms with Gasteiger partial charge in [-0.15, -0.1) is 0 Å². The van der Waals surface area contributed by atoms with E-state index >= 15 is 0 Å². The number of aromatic nitrogens is 2. The molecule has 0 bridgehead atoms. The van der Waals surface area contributed by atoms with Crippen molar-refractivity contribution in [3.63, 3.8) is 0 Å². The number of nitrogens with one attached hydrogen (secondary N) is 1. The lowest BCUT2D eigenvalue weighted by Gasteiger charge is -2.30. The smallest absolute Gasteiger partial charge is 0.147 e. The van der Waals surface area contributed by atoms with Crippen LogP contribution >= 0.6 is 0 Å². The van der Waals surface area contributed by atoms with Gasteiger partial charge in [0, 0.05) is 13.1 Å². The van der Waals surface area contributed by atoms with Gasteiger partial charge in [0.1, 0.15) is 5.82 Å². The number of aryl methyl sites for hydroxylation is 2. The molecule has 1 fully saturated rings. The zero-order valence-corrected chi connectivity index (χ0v) is 10.3. The van der Waals surface area contributed by atoms with Crippen LogP contribution in [0.25, 0.3) is 0 Å². The van der Waals surface area contributed by atoms with Gasteiger partial charge in [0.05, 0.1) is 11.4 Å². The van der Waals surface area contributed by atoms with Gasteiger partial charge in [-0.1, -0.05) is 0 Å². The van der Waals surface area contributed by atoms with Crippen LogP contribution in [0.2, 0.25) is 0 Å². The van der Waals surface area contributed by atoms with Crippen LogP contribution in [0, 0.1) is 6.92 Å². The molecule has 1 aromatic heterocycles. The summed E-state index contributed by atoms with van der Waals surface area (Å²) >= 11 is 0. The highest BCUT2D eigenvalue weighted by Crippen LogP contribution is 2.23. The van der Waals surface area contributed by atoms with Gasteiger partial charge in [0.2, 0.25) is 0 Å². The molecule has 0 saturated carbocycles. The van der Waals surface area contributed by atoms with Crippen molar-refractivity contribution in [2.75, 3.05) is 31.2 Å². The maximum Gasteiger partial charge on any atom is 0.147 e. The first kappa shape index (κ1) is 11.3. The number of rotatable bonds is 2. The van der Waals surface area contributed by atoms with E-state index in [0.29, 0.717) is 6.04 Å². The lowest BCUT2D eigenvalue weighted by atomic mass is 10.1. The summed E-state index contributed by atoms with van der Waals surface area (Å²) in [6, 6.07) is 0.522. The summed E-state index contributed by atoms with van der Waals surface area (Å²) in [7, 11) is 4.10. The fraction of sp³-hybridized carbons (Fsp3) is 0.727. The molecule has 0 amide bonds. The fourth-order valence-electron chi connectivity index (χ4n) is 2.19. The summed E-state index contributed by atoms with van der Waals surface area (Å²) in [5.74, 6) is 0.965. The summed E-state index contributed by atoms with van der Waals surface area (Å²) < 4.78 is 1.84. The lowest BCUT2D eigenvalue weighted by molar-refractivity contribution is 0.263. The Labute approximate surface area is 96.6 Å². The molecule has 0 atom stereocenters. The van der Waals surface area contributed by atoms with Gasteiger partial charge in [-0.3, -0.25) is 4.68 Å². The number of piperidine rings is 1. The molecule has 2 rings (SSSR count). The molecule has 0 radical (unpaired) electrons. The molecule has 1 aliphatic rings. The Kier molecular flexibility index (Phi) is 3.05. The average Bonchev–Trinajstić information content (AvgIpc) is 2.48. The number of anilines is 2. The summed E-state index contributed by atoms with van der Waals surface area (Å²) in [5, 5.41) is 7.82. The minimum absolute atomic E-state index is 0.522. The highest BCUT2D eigenvalue weighted by atomic mass is 15.3. The van der Waals surface area contributed by atoms with Crippen molar-refractivity contribution in [3.8, 4) is 0 Å². The van der Waals surface area contributed by atoms with Crippen LogP contribution in [0.15, 0.2) is 0 Å². The Morgan fingerprint density at radius 2 is 1.94 bits per heavy atom. The lowest BCUT2D eigenvalue weighted by Crippen LogP contribution is -2.37. The van der Waals surface area contributed by atoms with Crippen molar-refractivity contribution in [3.05, 3.63) is 5.69 Å². The van der Waals surface area contributed by atoms with E-state index in [9.17, 15) is 0 Å². The number of nitrogens with zero attached hydrogens (tertiary/aromatic N) is 3. The third-order valence-corrected chi connectivity index (χ3v) is 3.33. The van der Waals surface area contributed by atoms with Crippen LogP contribution in [0.5, 0.6) is 0 Å². The summed E-state index contributed by atoms with van der Waals surface area (Å²) in [5.41, 5.74) is 7.67. The van der Waals surface area contributed by atoms with Crippen molar-refractivity contribution < 1.29 is 0 Å². The Bertz CT molecular complexity index is 363. The van der Waals surface area contributed by atoms with Crippen LogP contribution in [0.3, 0.4) is 0 Å². The van der Waals surface area contributed by atoms with Gasteiger partial charge in [-0.25, -0.2) is 0 Å². The second kappa shape index (κ2) is 4.33. The zero-order valence-electron chi connectivity index (χ0n) is 10.3. The van der Waals surface area contributed by atoms with Gasteiger partial charge >= 0.3 is 0 Å². The molecule has 1 saturated heterocycles. The molecule has 0 unspecified atom stereocenters. The SMILES string of the molecule is Cc1nn(C)c(NC2CCN(C)CC2)c1N. The van der Waals surface area contributed by atoms with Gasteiger partial charge in [0.15, 0.2) is 0 Å². The first-order chi connectivity index (χ1) is 7.58. The average molecular weight is 223 g/mol. The van der Waals surface area contributed by atoms with Crippen molar-refractivity contribution in [2.24, 2.45) is 7.05 Å². The van der Waals surface area contributed by atoms with E-state index in [1.807, 2.05) is 18.7 Å². The van der Waals surface area contributed by atoms with Gasteiger partial charge in [-0.05, 0) is 39.9 Å². The monoisotopic (exact) mass is 223 g/mol. The van der Waals surface area contributed by atoms with E-state index in [0.717, 1.165) is 30.3 Å². The summed E-state index contributed by atoms with van der Waals surface area (Å²) in [4.78, 5) is 2.36. The van der Waals surface area contributed by atoms with Gasteiger partial charge < -0.3 is 16.0 Å². The van der Waals surface area contributed by atoms with Gasteiger partial charge in [0.25, 0.3) is 0 Å². The molecule has 3 N–H and O–H groups in total. The summed E-state index contributed by atoms with van der Waals surface area (Å²) in [6.07, 6.45) is 2.33. The Morgan fingerprint density at radius 3 is 2.44 bits per heavy atom. The topological polar surface area (TPSA) is 59.1 Å². The second-order valence-corrected chi connectivity index (χ2v) is 4.69. The predicted octanol–water partition coefficient (Wildman–Crippen LogP) is 0.817. The fourth-order valence-corrected chi connectivity index (χ4v) is 2.19. The number of likely N-dealkylation sites (tertiary alicyclic amines) is 1. The summed E-state index contributed by atoms with van der Waals surface area (Å²) in [6.45, 7) is 4.23. The van der Waals surface area contributed by atoms with Crippen LogP contribution in [-0.2, 0) is 7.05 Å². The van der Waals surface area contributed by atoms with E-state index < -0.39 is 0 Å². The first-order valence-corrected chi connectivity index (χ1v) is 5.82. The van der Waals surface area contributed by atoms with E-state index in [4.69, 9.17) is 5.73 Å². The molecular formula is C11H21N5. The highest BCUT2D eigenvalue weighted by molar-refractivity contribution is 5.64. The largest absolute Gasteiger partial charge is 0.394 e. The van der Waals surface area contributed by atoms with Crippen LogP contribution in [0.1, 0.15) is 18.5 Å². The van der Waals surface area contributed by atoms with Crippen molar-refractivity contribution in [1.82, 2.24) is 14.7 Å². The standard InChI is InChI=1S/C11H21N5/c1-8-10(12)11(16(3)14-8)13-9-4-6-15(2)7-5-9/h9,13H,4-7,12H2,1-3H3. The minimum Gasteiger partial charge on any atom is -0.394 e.